The summed E-state index contributed by atoms with van der Waals surface area (Å²) in [5.41, 5.74) is 1.96. The average Bonchev–Trinajstić information content (AvgIpc) is 3.23. The maximum Gasteiger partial charge on any atom is 0.216 e. The first kappa shape index (κ1) is 23.5. The Labute approximate surface area is 192 Å². The molecular weight excluding hydrogens is 422 g/mol. The minimum Gasteiger partial charge on any atom is -0.356 e. The number of ketones is 1. The van der Waals surface area contributed by atoms with Crippen LogP contribution in [0.4, 0.5) is 11.6 Å². The van der Waals surface area contributed by atoms with E-state index in [0.717, 1.165) is 46.2 Å². The summed E-state index contributed by atoms with van der Waals surface area (Å²) in [5, 5.41) is 7.01. The fourth-order valence-electron chi connectivity index (χ4n) is 3.41. The van der Waals surface area contributed by atoms with Crippen molar-refractivity contribution in [2.75, 3.05) is 11.9 Å². The van der Waals surface area contributed by atoms with Crippen LogP contribution in [0, 0.1) is 6.92 Å². The van der Waals surface area contributed by atoms with Crippen LogP contribution in [0.1, 0.15) is 56.0 Å². The number of pyridine rings is 2. The highest BCUT2D eigenvalue weighted by molar-refractivity contribution is 7.15. The minimum absolute atomic E-state index is 0.0164. The zero-order valence-electron chi connectivity index (χ0n) is 18.7. The van der Waals surface area contributed by atoms with Gasteiger partial charge in [0.2, 0.25) is 5.91 Å². The molecule has 8 heteroatoms. The van der Waals surface area contributed by atoms with E-state index in [1.54, 1.807) is 24.5 Å². The number of Topliss-reactive ketones (excluding diaryl/α,β-unsaturated/α-hetero) is 1. The molecule has 1 unspecified atom stereocenters. The number of hydrogen-bond donors (Lipinski definition) is 2. The summed E-state index contributed by atoms with van der Waals surface area (Å²) in [6.45, 7) is 5.82. The number of rotatable bonds is 11. The third-order valence-corrected chi connectivity index (χ3v) is 6.12. The van der Waals surface area contributed by atoms with E-state index in [9.17, 15) is 9.59 Å². The van der Waals surface area contributed by atoms with Crippen LogP contribution in [0.5, 0.6) is 0 Å². The average molecular weight is 452 g/mol. The summed E-state index contributed by atoms with van der Waals surface area (Å²) in [4.78, 5) is 37.5. The molecule has 1 amide bonds. The van der Waals surface area contributed by atoms with Crippen molar-refractivity contribution in [3.63, 3.8) is 0 Å². The summed E-state index contributed by atoms with van der Waals surface area (Å²) >= 11 is 1.58. The molecule has 3 heterocycles. The lowest BCUT2D eigenvalue weighted by atomic mass is 9.97. The smallest absolute Gasteiger partial charge is 0.216 e. The van der Waals surface area contributed by atoms with Gasteiger partial charge in [0.1, 0.15) is 17.4 Å². The predicted octanol–water partition coefficient (Wildman–Crippen LogP) is 5.02. The molecule has 0 fully saturated rings. The summed E-state index contributed by atoms with van der Waals surface area (Å²) < 4.78 is 0. The molecule has 0 aliphatic carbocycles. The molecule has 0 bridgehead atoms. The number of nitrogens with zero attached hydrogens (tertiary/aromatic N) is 3. The molecule has 3 aromatic rings. The summed E-state index contributed by atoms with van der Waals surface area (Å²) in [5.74, 6) is 1.69. The second-order valence-corrected chi connectivity index (χ2v) is 8.96. The second-order valence-electron chi connectivity index (χ2n) is 7.90. The van der Waals surface area contributed by atoms with E-state index in [1.165, 1.54) is 6.92 Å². The molecule has 3 aromatic heterocycles. The lowest BCUT2D eigenvalue weighted by Gasteiger charge is -2.12. The topological polar surface area (TPSA) is 96.9 Å². The molecule has 168 valence electrons. The number of carbonyl (C=O) groups is 2. The van der Waals surface area contributed by atoms with Gasteiger partial charge in [0.25, 0.3) is 0 Å². The monoisotopic (exact) mass is 451 g/mol. The van der Waals surface area contributed by atoms with Crippen molar-refractivity contribution >= 4 is 34.7 Å². The maximum absolute atomic E-state index is 11.8. The Kier molecular flexibility index (Phi) is 8.44. The number of unbranched alkanes of at least 4 members (excludes halogenated alkanes) is 1. The highest BCUT2D eigenvalue weighted by atomic mass is 32.1. The Morgan fingerprint density at radius 2 is 1.94 bits per heavy atom. The summed E-state index contributed by atoms with van der Waals surface area (Å²) in [7, 11) is 0. The van der Waals surface area contributed by atoms with Gasteiger partial charge < -0.3 is 15.4 Å². The Balaban J connectivity index is 1.69. The van der Waals surface area contributed by atoms with Gasteiger partial charge in [0.15, 0.2) is 0 Å². The quantitative estimate of drug-likeness (QED) is 0.397. The van der Waals surface area contributed by atoms with E-state index in [-0.39, 0.29) is 17.6 Å². The molecule has 0 radical (unpaired) electrons. The molecule has 0 aliphatic heterocycles. The van der Waals surface area contributed by atoms with Gasteiger partial charge in [-0.2, -0.15) is 0 Å². The molecule has 2 N–H and O–H groups in total. The lowest BCUT2D eigenvalue weighted by molar-refractivity contribution is -0.119. The van der Waals surface area contributed by atoms with Crippen LogP contribution < -0.4 is 10.6 Å². The second kappa shape index (κ2) is 11.5. The Morgan fingerprint density at radius 1 is 1.09 bits per heavy atom. The Morgan fingerprint density at radius 3 is 2.69 bits per heavy atom. The van der Waals surface area contributed by atoms with Gasteiger partial charge in [-0.1, -0.05) is 12.5 Å². The molecule has 3 rings (SSSR count). The van der Waals surface area contributed by atoms with Crippen LogP contribution >= 0.6 is 11.3 Å². The van der Waals surface area contributed by atoms with Crippen LogP contribution in [0.3, 0.4) is 0 Å². The SMILES string of the molecule is CC(=O)CC(CCCCNC(C)=O)c1ncc(-c2cccc(Nc3cc(C)ccn3)n2)s1. The van der Waals surface area contributed by atoms with Crippen molar-refractivity contribution in [2.45, 2.75) is 52.4 Å². The standard InChI is InChI=1S/C24H29N5O2S/c1-16-10-12-26-23(13-16)29-22-9-6-8-20(28-22)21-15-27-24(32-21)19(14-17(2)30)7-4-5-11-25-18(3)31/h6,8-10,12-13,15,19H,4-5,7,11,14H2,1-3H3,(H,25,31)(H,26,28,29). The van der Waals surface area contributed by atoms with Crippen LogP contribution in [0.2, 0.25) is 0 Å². The highest BCUT2D eigenvalue weighted by Gasteiger charge is 2.18. The van der Waals surface area contributed by atoms with Gasteiger partial charge in [0.05, 0.1) is 15.6 Å². The normalized spacial score (nSPS) is 11.7. The van der Waals surface area contributed by atoms with E-state index >= 15 is 0 Å². The number of hydrogen-bond acceptors (Lipinski definition) is 7. The van der Waals surface area contributed by atoms with E-state index in [2.05, 4.69) is 20.6 Å². The van der Waals surface area contributed by atoms with Crippen molar-refractivity contribution in [3.05, 3.63) is 53.3 Å². The van der Waals surface area contributed by atoms with Crippen molar-refractivity contribution < 1.29 is 9.59 Å². The molecule has 7 nitrogen and oxygen atoms in total. The van der Waals surface area contributed by atoms with Crippen molar-refractivity contribution in [1.29, 1.82) is 0 Å². The van der Waals surface area contributed by atoms with Gasteiger partial charge >= 0.3 is 0 Å². The van der Waals surface area contributed by atoms with Gasteiger partial charge in [-0.3, -0.25) is 4.79 Å². The molecule has 0 spiro atoms. The maximum atomic E-state index is 11.8. The zero-order valence-corrected chi connectivity index (χ0v) is 19.5. The number of aryl methyl sites for hydroxylation is 1. The first-order valence-electron chi connectivity index (χ1n) is 10.8. The van der Waals surface area contributed by atoms with Crippen LogP contribution in [0.25, 0.3) is 10.6 Å². The van der Waals surface area contributed by atoms with Crippen LogP contribution in [-0.2, 0) is 9.59 Å². The number of thiazole rings is 1. The van der Waals surface area contributed by atoms with Gasteiger partial charge in [-0.15, -0.1) is 11.3 Å². The van der Waals surface area contributed by atoms with Gasteiger partial charge in [0, 0.05) is 38.2 Å². The molecule has 0 saturated carbocycles. The summed E-state index contributed by atoms with van der Waals surface area (Å²) in [6, 6.07) is 9.74. The van der Waals surface area contributed by atoms with Crippen molar-refractivity contribution in [1.82, 2.24) is 20.3 Å². The van der Waals surface area contributed by atoms with E-state index in [1.807, 2.05) is 43.5 Å². The third kappa shape index (κ3) is 7.23. The van der Waals surface area contributed by atoms with Crippen LogP contribution in [-0.4, -0.2) is 33.2 Å². The van der Waals surface area contributed by atoms with Crippen molar-refractivity contribution in [2.24, 2.45) is 0 Å². The predicted molar refractivity (Wildman–Crippen MR) is 128 cm³/mol. The minimum atomic E-state index is -0.0164. The largest absolute Gasteiger partial charge is 0.356 e. The van der Waals surface area contributed by atoms with E-state index in [0.29, 0.717) is 18.8 Å². The first-order valence-corrected chi connectivity index (χ1v) is 11.6. The molecule has 1 atom stereocenters. The van der Waals surface area contributed by atoms with E-state index in [4.69, 9.17) is 4.98 Å². The van der Waals surface area contributed by atoms with Crippen LogP contribution in [0.15, 0.2) is 42.7 Å². The fourth-order valence-corrected chi connectivity index (χ4v) is 4.43. The fraction of sp³-hybridized carbons (Fsp3) is 0.375. The van der Waals surface area contributed by atoms with Gasteiger partial charge in [-0.05, 0) is 56.5 Å². The Hall–Kier alpha value is -3.13. The first-order chi connectivity index (χ1) is 15.4. The van der Waals surface area contributed by atoms with Gasteiger partial charge in [-0.25, -0.2) is 15.0 Å². The number of amides is 1. The number of carbonyl (C=O) groups excluding carboxylic acids is 2. The lowest BCUT2D eigenvalue weighted by Crippen LogP contribution is -2.20. The van der Waals surface area contributed by atoms with Crippen molar-refractivity contribution in [3.8, 4) is 10.6 Å². The number of nitrogens with one attached hydrogen (secondary N) is 2. The summed E-state index contributed by atoms with van der Waals surface area (Å²) in [6.07, 6.45) is 6.74. The Bertz CT molecular complexity index is 1070. The molecular formula is C24H29N5O2S. The molecule has 32 heavy (non-hydrogen) atoms. The number of anilines is 2. The molecule has 0 saturated heterocycles. The number of aromatic nitrogens is 3. The molecule has 0 aliphatic rings. The van der Waals surface area contributed by atoms with E-state index < -0.39 is 0 Å². The zero-order chi connectivity index (χ0) is 22.9. The highest BCUT2D eigenvalue weighted by Crippen LogP contribution is 2.34. The molecule has 0 aromatic carbocycles. The third-order valence-electron chi connectivity index (χ3n) is 4.93.